The summed E-state index contributed by atoms with van der Waals surface area (Å²) in [5.41, 5.74) is 0.739. The van der Waals surface area contributed by atoms with Gasteiger partial charge in [-0.3, -0.25) is 9.35 Å². The van der Waals surface area contributed by atoms with E-state index in [9.17, 15) is 26.7 Å². The van der Waals surface area contributed by atoms with Crippen molar-refractivity contribution in [2.75, 3.05) is 37.0 Å². The fourth-order valence-electron chi connectivity index (χ4n) is 3.93. The van der Waals surface area contributed by atoms with Crippen molar-refractivity contribution in [3.63, 3.8) is 0 Å². The number of anilines is 2. The molecule has 4 aromatic rings. The van der Waals surface area contributed by atoms with E-state index in [1.807, 2.05) is 0 Å². The smallest absolute Gasteiger partial charge is 0.397 e. The van der Waals surface area contributed by atoms with Crippen LogP contribution < -0.4 is 5.32 Å². The third-order valence-corrected chi connectivity index (χ3v) is 9.13. The number of amides is 1. The molecular weight excluding hydrogens is 741 g/mol. The quantitative estimate of drug-likeness (QED) is 0.0411. The lowest BCUT2D eigenvalue weighted by Gasteiger charge is -2.17. The minimum absolute atomic E-state index is 0.0708. The number of azo groups is 1. The molecule has 0 atom stereocenters. The fraction of sp³-hybridized carbons (Fsp3) is 0.200. The van der Waals surface area contributed by atoms with Gasteiger partial charge in [-0.15, -0.1) is 9.45 Å². The van der Waals surface area contributed by atoms with Gasteiger partial charge in [0.1, 0.15) is 5.69 Å². The SMILES string of the molecule is CN(CCS(=O)(=O)CCOS(=O)(=O)O)C(=O)c1cccc(N=Nc2c(SOOO)cc3cc(Nc4nc(Cl)nc(Cl)n4)ccc3c2O)c1. The highest BCUT2D eigenvalue weighted by atomic mass is 35.5. The monoisotopic (exact) mass is 763 g/mol. The summed E-state index contributed by atoms with van der Waals surface area (Å²) in [5, 5.41) is 35.3. The largest absolute Gasteiger partial charge is 0.505 e. The molecule has 4 rings (SSSR count). The molecule has 1 aromatic heterocycles. The van der Waals surface area contributed by atoms with Crippen LogP contribution in [0.5, 0.6) is 5.75 Å². The van der Waals surface area contributed by atoms with Crippen molar-refractivity contribution in [2.24, 2.45) is 10.2 Å². The molecule has 0 saturated carbocycles. The third kappa shape index (κ3) is 10.6. The second-order valence-corrected chi connectivity index (χ2v) is 14.2. The standard InChI is InChI=1S/C25H23Cl2N7O11S3/c1-34(7-9-47(38,39)10-8-43-48(40,41)42)22(36)14-3-2-4-17(11-14)32-33-20-19(46-45-44-37)13-15-12-16(5-6-18(15)21(20)35)28-25-30-23(26)29-24(27)31-25/h2-6,11-13,35,37H,7-10H2,1H3,(H,40,41,42)(H,28,29,30,31). The number of nitrogens with one attached hydrogen (secondary N) is 1. The number of sulfone groups is 1. The first kappa shape index (κ1) is 37.1. The molecule has 256 valence electrons. The van der Waals surface area contributed by atoms with Gasteiger partial charge < -0.3 is 15.3 Å². The van der Waals surface area contributed by atoms with Crippen molar-refractivity contribution in [3.8, 4) is 5.75 Å². The Labute approximate surface area is 286 Å². The van der Waals surface area contributed by atoms with Gasteiger partial charge in [-0.25, -0.2) is 17.9 Å². The summed E-state index contributed by atoms with van der Waals surface area (Å²) in [7, 11) is -7.24. The number of rotatable bonds is 15. The molecule has 48 heavy (non-hydrogen) atoms. The van der Waals surface area contributed by atoms with Gasteiger partial charge in [-0.05, 0) is 71.1 Å². The van der Waals surface area contributed by atoms with Crippen LogP contribution in [-0.4, -0.2) is 89.2 Å². The van der Waals surface area contributed by atoms with Gasteiger partial charge in [0.05, 0.1) is 40.7 Å². The number of aromatic nitrogens is 3. The molecule has 0 spiro atoms. The molecule has 0 unspecified atom stereocenters. The first-order valence-corrected chi connectivity index (χ1v) is 17.7. The van der Waals surface area contributed by atoms with Crippen molar-refractivity contribution < 1.29 is 50.1 Å². The molecule has 18 nitrogen and oxygen atoms in total. The molecular formula is C25H23Cl2N7O11S3. The lowest BCUT2D eigenvalue weighted by atomic mass is 10.1. The summed E-state index contributed by atoms with van der Waals surface area (Å²) in [5.74, 6) is -1.98. The van der Waals surface area contributed by atoms with Crippen LogP contribution in [0.15, 0.2) is 63.7 Å². The first-order chi connectivity index (χ1) is 22.6. The van der Waals surface area contributed by atoms with Crippen molar-refractivity contribution in [1.29, 1.82) is 0 Å². The highest BCUT2D eigenvalue weighted by molar-refractivity contribution is 7.94. The minimum Gasteiger partial charge on any atom is -0.505 e. The Hall–Kier alpha value is -3.77. The van der Waals surface area contributed by atoms with Crippen molar-refractivity contribution in [1.82, 2.24) is 19.9 Å². The molecule has 1 heterocycles. The number of carbonyl (C=O) groups is 1. The van der Waals surface area contributed by atoms with Crippen LogP contribution in [0, 0.1) is 0 Å². The molecule has 1 amide bonds. The maximum absolute atomic E-state index is 13.0. The van der Waals surface area contributed by atoms with Crippen molar-refractivity contribution >= 4 is 95.2 Å². The van der Waals surface area contributed by atoms with E-state index in [4.69, 9.17) is 33.0 Å². The highest BCUT2D eigenvalue weighted by Crippen LogP contribution is 2.44. The average molecular weight is 765 g/mol. The number of phenols is 1. The second-order valence-electron chi connectivity index (χ2n) is 9.43. The predicted octanol–water partition coefficient (Wildman–Crippen LogP) is 4.93. The van der Waals surface area contributed by atoms with Gasteiger partial charge in [0.2, 0.25) is 16.5 Å². The summed E-state index contributed by atoms with van der Waals surface area (Å²) >= 11 is 12.2. The van der Waals surface area contributed by atoms with Crippen LogP contribution in [0.3, 0.4) is 0 Å². The molecule has 0 radical (unpaired) electrons. The molecule has 0 aliphatic heterocycles. The molecule has 0 saturated heterocycles. The van der Waals surface area contributed by atoms with E-state index in [1.54, 1.807) is 24.3 Å². The van der Waals surface area contributed by atoms with Crippen molar-refractivity contribution in [3.05, 3.63) is 64.7 Å². The first-order valence-electron chi connectivity index (χ1n) is 13.0. The maximum Gasteiger partial charge on any atom is 0.397 e. The number of hydrogen-bond acceptors (Lipinski definition) is 17. The molecule has 0 fully saturated rings. The summed E-state index contributed by atoms with van der Waals surface area (Å²) in [6, 6.07) is 12.3. The number of aromatic hydroxyl groups is 1. The van der Waals surface area contributed by atoms with Crippen LogP contribution in [0.25, 0.3) is 10.8 Å². The van der Waals surface area contributed by atoms with Crippen LogP contribution in [0.1, 0.15) is 10.4 Å². The van der Waals surface area contributed by atoms with E-state index in [-0.39, 0.29) is 50.6 Å². The summed E-state index contributed by atoms with van der Waals surface area (Å²) < 4.78 is 62.8. The highest BCUT2D eigenvalue weighted by Gasteiger charge is 2.19. The number of carbonyl (C=O) groups excluding carboxylic acids is 1. The Morgan fingerprint density at radius 3 is 2.44 bits per heavy atom. The van der Waals surface area contributed by atoms with E-state index in [2.05, 4.69) is 44.1 Å². The van der Waals surface area contributed by atoms with Gasteiger partial charge in [0, 0.05) is 30.2 Å². The van der Waals surface area contributed by atoms with Crippen LogP contribution in [0.2, 0.25) is 10.6 Å². The van der Waals surface area contributed by atoms with E-state index in [0.717, 1.165) is 4.90 Å². The van der Waals surface area contributed by atoms with Gasteiger partial charge >= 0.3 is 10.4 Å². The maximum atomic E-state index is 13.0. The number of nitrogens with zero attached hydrogens (tertiary/aromatic N) is 6. The van der Waals surface area contributed by atoms with Crippen molar-refractivity contribution in [2.45, 2.75) is 4.90 Å². The second kappa shape index (κ2) is 16.1. The molecule has 0 aliphatic rings. The number of hydrogen-bond donors (Lipinski definition) is 4. The zero-order valence-electron chi connectivity index (χ0n) is 24.2. The number of fused-ring (bicyclic) bond motifs is 1. The number of phenolic OH excluding ortho intramolecular Hbond substituents is 1. The number of halogens is 2. The number of benzene rings is 3. The Balaban J connectivity index is 1.53. The van der Waals surface area contributed by atoms with Crippen LogP contribution in [0.4, 0.5) is 23.0 Å². The Kier molecular flexibility index (Phi) is 12.4. The Bertz CT molecular complexity index is 2050. The van der Waals surface area contributed by atoms with E-state index in [0.29, 0.717) is 28.5 Å². The summed E-state index contributed by atoms with van der Waals surface area (Å²) in [6.45, 7) is -1.00. The zero-order valence-corrected chi connectivity index (χ0v) is 28.2. The normalized spacial score (nSPS) is 12.1. The fourth-order valence-corrected chi connectivity index (χ4v) is 6.28. The van der Waals surface area contributed by atoms with Gasteiger partial charge in [0.25, 0.3) is 5.91 Å². The molecule has 0 bridgehead atoms. The van der Waals surface area contributed by atoms with Gasteiger partial charge in [0.15, 0.2) is 15.6 Å². The molecule has 23 heteroatoms. The Morgan fingerprint density at radius 1 is 1.02 bits per heavy atom. The van der Waals surface area contributed by atoms with E-state index < -0.39 is 44.3 Å². The molecule has 3 aromatic carbocycles. The minimum atomic E-state index is -4.78. The molecule has 0 aliphatic carbocycles. The summed E-state index contributed by atoms with van der Waals surface area (Å²) in [4.78, 5) is 25.8. The van der Waals surface area contributed by atoms with Gasteiger partial charge in [-0.1, -0.05) is 11.1 Å². The van der Waals surface area contributed by atoms with E-state index >= 15 is 0 Å². The van der Waals surface area contributed by atoms with Crippen LogP contribution in [-0.2, 0) is 33.8 Å². The third-order valence-electron chi connectivity index (χ3n) is 6.11. The zero-order chi connectivity index (χ0) is 35.1. The predicted molar refractivity (Wildman–Crippen MR) is 173 cm³/mol. The topological polar surface area (TPSA) is 252 Å². The average Bonchev–Trinajstić information content (AvgIpc) is 3.00. The molecule has 4 N–H and O–H groups in total. The summed E-state index contributed by atoms with van der Waals surface area (Å²) in [6.07, 6.45) is 0. The van der Waals surface area contributed by atoms with E-state index in [1.165, 1.54) is 31.3 Å². The Morgan fingerprint density at radius 2 is 1.75 bits per heavy atom. The van der Waals surface area contributed by atoms with Crippen LogP contribution >= 0.6 is 35.2 Å². The lowest BCUT2D eigenvalue weighted by Crippen LogP contribution is -2.32. The lowest BCUT2D eigenvalue weighted by molar-refractivity contribution is -0.432. The van der Waals surface area contributed by atoms with Gasteiger partial charge in [-0.2, -0.15) is 28.5 Å².